The molecule has 0 radical (unpaired) electrons. The number of halogens is 1. The van der Waals surface area contributed by atoms with Crippen LogP contribution in [0, 0.1) is 0 Å². The van der Waals surface area contributed by atoms with E-state index in [2.05, 4.69) is 20.6 Å². The molecule has 0 unspecified atom stereocenters. The van der Waals surface area contributed by atoms with Gasteiger partial charge in [0.15, 0.2) is 10.8 Å². The summed E-state index contributed by atoms with van der Waals surface area (Å²) in [6.45, 7) is 6.06. The van der Waals surface area contributed by atoms with Crippen LogP contribution >= 0.6 is 11.6 Å². The normalized spacial score (nSPS) is 10.9. The minimum Gasteiger partial charge on any atom is -0.444 e. The zero-order valence-corrected chi connectivity index (χ0v) is 12.8. The van der Waals surface area contributed by atoms with E-state index in [-0.39, 0.29) is 10.8 Å². The summed E-state index contributed by atoms with van der Waals surface area (Å²) in [5.41, 5.74) is 4.43. The summed E-state index contributed by atoms with van der Waals surface area (Å²) in [7, 11) is 0. The third kappa shape index (κ3) is 6.26. The number of nitrogens with one attached hydrogen (secondary N) is 2. The lowest BCUT2D eigenvalue weighted by molar-refractivity contribution is 0.0530. The first-order chi connectivity index (χ1) is 9.69. The molecule has 0 aliphatic carbocycles. The molecule has 1 heterocycles. The molecule has 2 amide bonds. The summed E-state index contributed by atoms with van der Waals surface area (Å²) >= 11 is 5.76. The molecule has 116 valence electrons. The highest BCUT2D eigenvalue weighted by Gasteiger charge is 2.15. The first-order valence-corrected chi connectivity index (χ1v) is 6.60. The maximum Gasteiger partial charge on any atom is 0.407 e. The van der Waals surface area contributed by atoms with E-state index in [0.29, 0.717) is 18.9 Å². The van der Waals surface area contributed by atoms with Gasteiger partial charge in [-0.1, -0.05) is 11.6 Å². The second-order valence-electron chi connectivity index (χ2n) is 5.11. The van der Waals surface area contributed by atoms with Crippen molar-refractivity contribution in [3.63, 3.8) is 0 Å². The Bertz CT molecular complexity index is 530. The Kier molecular flexibility index (Phi) is 5.71. The minimum atomic E-state index is -0.745. The van der Waals surface area contributed by atoms with Gasteiger partial charge in [-0.25, -0.2) is 14.8 Å². The predicted molar refractivity (Wildman–Crippen MR) is 78.3 cm³/mol. The Labute approximate surface area is 127 Å². The maximum atomic E-state index is 11.4. The molecule has 1 aromatic rings. The lowest BCUT2D eigenvalue weighted by atomic mass is 10.2. The molecule has 0 fully saturated rings. The summed E-state index contributed by atoms with van der Waals surface area (Å²) in [5, 5.41) is 5.39. The summed E-state index contributed by atoms with van der Waals surface area (Å²) in [6.07, 6.45) is 0.830. The number of alkyl carbamates (subject to hydrolysis) is 1. The summed E-state index contributed by atoms with van der Waals surface area (Å²) in [5.74, 6) is -0.373. The number of carbonyl (C=O) groups is 2. The van der Waals surface area contributed by atoms with Gasteiger partial charge in [-0.3, -0.25) is 4.79 Å². The molecule has 0 aromatic carbocycles. The van der Waals surface area contributed by atoms with Crippen molar-refractivity contribution in [1.29, 1.82) is 0 Å². The summed E-state index contributed by atoms with van der Waals surface area (Å²) in [4.78, 5) is 30.0. The van der Waals surface area contributed by atoms with E-state index in [0.717, 1.165) is 0 Å². The number of primary amides is 1. The maximum absolute atomic E-state index is 11.4. The molecule has 0 saturated carbocycles. The third-order valence-corrected chi connectivity index (χ3v) is 2.33. The molecule has 0 aliphatic rings. The molecule has 0 bridgehead atoms. The van der Waals surface area contributed by atoms with Crippen molar-refractivity contribution >= 4 is 29.4 Å². The zero-order chi connectivity index (χ0) is 16.0. The number of amides is 2. The topological polar surface area (TPSA) is 119 Å². The van der Waals surface area contributed by atoms with Crippen LogP contribution in [0.2, 0.25) is 5.15 Å². The Morgan fingerprint density at radius 1 is 1.38 bits per heavy atom. The number of hydrogen-bond donors (Lipinski definition) is 3. The average Bonchev–Trinajstić information content (AvgIpc) is 2.32. The van der Waals surface area contributed by atoms with Crippen molar-refractivity contribution in [3.8, 4) is 0 Å². The number of nitrogens with two attached hydrogens (primary N) is 1. The lowest BCUT2D eigenvalue weighted by Gasteiger charge is -2.19. The number of anilines is 1. The number of ether oxygens (including phenoxy) is 1. The number of rotatable bonds is 5. The van der Waals surface area contributed by atoms with Crippen LogP contribution in [0.4, 0.5) is 10.6 Å². The lowest BCUT2D eigenvalue weighted by Crippen LogP contribution is -2.35. The van der Waals surface area contributed by atoms with Crippen molar-refractivity contribution in [3.05, 3.63) is 17.0 Å². The largest absolute Gasteiger partial charge is 0.444 e. The van der Waals surface area contributed by atoms with Crippen LogP contribution in [-0.2, 0) is 4.74 Å². The number of nitrogens with zero attached hydrogens (tertiary/aromatic N) is 2. The molecular formula is C12H18ClN5O3. The molecule has 1 rings (SSSR count). The molecule has 9 heteroatoms. The van der Waals surface area contributed by atoms with Gasteiger partial charge in [-0.2, -0.15) is 0 Å². The molecular weight excluding hydrogens is 298 g/mol. The van der Waals surface area contributed by atoms with E-state index in [4.69, 9.17) is 22.1 Å². The van der Waals surface area contributed by atoms with Crippen LogP contribution < -0.4 is 16.4 Å². The molecule has 1 aromatic heterocycles. The first-order valence-electron chi connectivity index (χ1n) is 6.22. The number of carbonyl (C=O) groups excluding carboxylic acids is 2. The van der Waals surface area contributed by atoms with Gasteiger partial charge in [0.25, 0.3) is 5.91 Å². The van der Waals surface area contributed by atoms with E-state index in [1.807, 2.05) is 0 Å². The van der Waals surface area contributed by atoms with Crippen LogP contribution in [0.1, 0.15) is 31.3 Å². The van der Waals surface area contributed by atoms with Gasteiger partial charge in [-0.05, 0) is 20.8 Å². The molecule has 0 aliphatic heterocycles. The second-order valence-corrected chi connectivity index (χ2v) is 5.47. The smallest absolute Gasteiger partial charge is 0.407 e. The molecule has 21 heavy (non-hydrogen) atoms. The van der Waals surface area contributed by atoms with Gasteiger partial charge in [0.1, 0.15) is 11.4 Å². The van der Waals surface area contributed by atoms with Gasteiger partial charge in [0.2, 0.25) is 0 Å². The highest BCUT2D eigenvalue weighted by atomic mass is 35.5. The fourth-order valence-electron chi connectivity index (χ4n) is 1.29. The van der Waals surface area contributed by atoms with Crippen molar-refractivity contribution in [1.82, 2.24) is 15.3 Å². The fraction of sp³-hybridized carbons (Fsp3) is 0.500. The second kappa shape index (κ2) is 7.07. The fourth-order valence-corrected chi connectivity index (χ4v) is 1.52. The van der Waals surface area contributed by atoms with Crippen LogP contribution in [0.3, 0.4) is 0 Å². The SMILES string of the molecule is CC(C)(C)OC(=O)NCCNc1cnc(C(N)=O)c(Cl)n1. The Morgan fingerprint density at radius 3 is 2.57 bits per heavy atom. The molecule has 0 saturated heterocycles. The summed E-state index contributed by atoms with van der Waals surface area (Å²) < 4.78 is 5.07. The van der Waals surface area contributed by atoms with Gasteiger partial charge < -0.3 is 21.1 Å². The monoisotopic (exact) mass is 315 g/mol. The van der Waals surface area contributed by atoms with Gasteiger partial charge >= 0.3 is 6.09 Å². The Morgan fingerprint density at radius 2 is 2.05 bits per heavy atom. The van der Waals surface area contributed by atoms with Crippen molar-refractivity contribution < 1.29 is 14.3 Å². The molecule has 8 nitrogen and oxygen atoms in total. The van der Waals surface area contributed by atoms with E-state index < -0.39 is 17.6 Å². The molecule has 0 atom stereocenters. The minimum absolute atomic E-state index is 0.0763. The van der Waals surface area contributed by atoms with E-state index >= 15 is 0 Å². The van der Waals surface area contributed by atoms with Gasteiger partial charge in [0.05, 0.1) is 6.20 Å². The van der Waals surface area contributed by atoms with Gasteiger partial charge in [0, 0.05) is 13.1 Å². The quantitative estimate of drug-likeness (QED) is 0.702. The van der Waals surface area contributed by atoms with Crippen molar-refractivity contribution in [2.75, 3.05) is 18.4 Å². The molecule has 0 spiro atoms. The molecule has 4 N–H and O–H groups in total. The van der Waals surface area contributed by atoms with Crippen molar-refractivity contribution in [2.24, 2.45) is 5.73 Å². The first kappa shape index (κ1) is 17.0. The Balaban J connectivity index is 2.38. The van der Waals surface area contributed by atoms with E-state index in [1.54, 1.807) is 20.8 Å². The number of hydrogen-bond acceptors (Lipinski definition) is 6. The third-order valence-electron chi connectivity index (χ3n) is 2.06. The standard InChI is InChI=1S/C12H18ClN5O3/c1-12(2,3)21-11(20)16-5-4-15-7-6-17-8(10(14)19)9(13)18-7/h6H,4-5H2,1-3H3,(H2,14,19)(H,15,18)(H,16,20). The Hall–Kier alpha value is -2.09. The zero-order valence-electron chi connectivity index (χ0n) is 12.1. The highest BCUT2D eigenvalue weighted by molar-refractivity contribution is 6.32. The highest BCUT2D eigenvalue weighted by Crippen LogP contribution is 2.12. The number of aromatic nitrogens is 2. The van der Waals surface area contributed by atoms with Crippen LogP contribution in [0.15, 0.2) is 6.20 Å². The van der Waals surface area contributed by atoms with Crippen LogP contribution in [-0.4, -0.2) is 40.7 Å². The van der Waals surface area contributed by atoms with Crippen LogP contribution in [0.25, 0.3) is 0 Å². The van der Waals surface area contributed by atoms with Gasteiger partial charge in [-0.15, -0.1) is 0 Å². The van der Waals surface area contributed by atoms with Crippen molar-refractivity contribution in [2.45, 2.75) is 26.4 Å². The van der Waals surface area contributed by atoms with Crippen LogP contribution in [0.5, 0.6) is 0 Å². The van der Waals surface area contributed by atoms with E-state index in [9.17, 15) is 9.59 Å². The van der Waals surface area contributed by atoms with E-state index in [1.165, 1.54) is 6.20 Å². The average molecular weight is 316 g/mol. The summed E-state index contributed by atoms with van der Waals surface area (Å²) in [6, 6.07) is 0. The predicted octanol–water partition coefficient (Wildman–Crippen LogP) is 1.17.